The number of hydrogen-bond acceptors (Lipinski definition) is 4. The number of ether oxygens (including phenoxy) is 1. The SMILES string of the molecule is COc1ccc(-c2nc(-c3cccs3)[nH]c2-c2cn(CCO)c3ccc(Cl)cc23)cc1.Cl. The molecule has 0 aliphatic rings. The molecule has 0 amide bonds. The molecule has 2 aromatic carbocycles. The van der Waals surface area contributed by atoms with Crippen molar-refractivity contribution in [1.82, 2.24) is 14.5 Å². The van der Waals surface area contributed by atoms with Crippen LogP contribution >= 0.6 is 35.3 Å². The molecule has 164 valence electrons. The zero-order chi connectivity index (χ0) is 21.4. The molecule has 5 rings (SSSR count). The summed E-state index contributed by atoms with van der Waals surface area (Å²) in [5, 5.41) is 13.3. The Bertz CT molecular complexity index is 1340. The number of halogens is 2. The summed E-state index contributed by atoms with van der Waals surface area (Å²) in [6.07, 6.45) is 2.05. The molecule has 0 fully saturated rings. The van der Waals surface area contributed by atoms with E-state index < -0.39 is 0 Å². The van der Waals surface area contributed by atoms with Crippen LogP contribution in [0.15, 0.2) is 66.2 Å². The molecule has 0 aliphatic carbocycles. The van der Waals surface area contributed by atoms with Crippen molar-refractivity contribution in [2.45, 2.75) is 6.54 Å². The second-order valence-corrected chi connectivity index (χ2v) is 8.52. The fraction of sp³-hybridized carbons (Fsp3) is 0.125. The van der Waals surface area contributed by atoms with Crippen LogP contribution in [0.3, 0.4) is 0 Å². The van der Waals surface area contributed by atoms with Gasteiger partial charge < -0.3 is 19.4 Å². The summed E-state index contributed by atoms with van der Waals surface area (Å²) in [7, 11) is 1.66. The zero-order valence-corrected chi connectivity index (χ0v) is 19.6. The number of nitrogens with one attached hydrogen (secondary N) is 1. The van der Waals surface area contributed by atoms with Crippen LogP contribution in [0.4, 0.5) is 0 Å². The smallest absolute Gasteiger partial charge is 0.148 e. The van der Waals surface area contributed by atoms with Gasteiger partial charge in [-0.05, 0) is 53.9 Å². The minimum absolute atomic E-state index is 0. The van der Waals surface area contributed by atoms with Crippen molar-refractivity contribution in [2.24, 2.45) is 0 Å². The van der Waals surface area contributed by atoms with Gasteiger partial charge in [-0.1, -0.05) is 17.7 Å². The number of fused-ring (bicyclic) bond motifs is 1. The summed E-state index contributed by atoms with van der Waals surface area (Å²) in [5.41, 5.74) is 4.76. The molecule has 0 atom stereocenters. The molecule has 0 bridgehead atoms. The lowest BCUT2D eigenvalue weighted by atomic mass is 10.0. The van der Waals surface area contributed by atoms with Gasteiger partial charge in [0.1, 0.15) is 11.6 Å². The maximum absolute atomic E-state index is 9.55. The second kappa shape index (κ2) is 9.38. The van der Waals surface area contributed by atoms with Crippen LogP contribution in [0.1, 0.15) is 0 Å². The fourth-order valence-electron chi connectivity index (χ4n) is 3.82. The lowest BCUT2D eigenvalue weighted by molar-refractivity contribution is 0.278. The highest BCUT2D eigenvalue weighted by Crippen LogP contribution is 2.39. The molecule has 8 heteroatoms. The van der Waals surface area contributed by atoms with Gasteiger partial charge in [0.15, 0.2) is 0 Å². The Hall–Kier alpha value is -2.77. The Kier molecular flexibility index (Phi) is 6.58. The second-order valence-electron chi connectivity index (χ2n) is 7.14. The highest BCUT2D eigenvalue weighted by atomic mass is 35.5. The van der Waals surface area contributed by atoms with E-state index in [1.807, 2.05) is 58.5 Å². The van der Waals surface area contributed by atoms with Crippen molar-refractivity contribution in [2.75, 3.05) is 13.7 Å². The maximum Gasteiger partial charge on any atom is 0.148 e. The molecular formula is C24H21Cl2N3O2S. The minimum Gasteiger partial charge on any atom is -0.497 e. The van der Waals surface area contributed by atoms with Crippen LogP contribution in [-0.2, 0) is 6.54 Å². The van der Waals surface area contributed by atoms with E-state index in [0.29, 0.717) is 11.6 Å². The number of nitrogens with zero attached hydrogens (tertiary/aromatic N) is 2. The van der Waals surface area contributed by atoms with E-state index in [1.165, 1.54) is 0 Å². The molecule has 3 heterocycles. The molecule has 5 nitrogen and oxygen atoms in total. The molecule has 0 aliphatic heterocycles. The van der Waals surface area contributed by atoms with Gasteiger partial charge in [0, 0.05) is 39.8 Å². The summed E-state index contributed by atoms with van der Waals surface area (Å²) >= 11 is 7.99. The highest BCUT2D eigenvalue weighted by Gasteiger charge is 2.20. The summed E-state index contributed by atoms with van der Waals surface area (Å²) < 4.78 is 7.36. The molecule has 0 saturated heterocycles. The normalized spacial score (nSPS) is 11.0. The first-order valence-electron chi connectivity index (χ1n) is 9.86. The number of rotatable bonds is 6. The molecule has 32 heavy (non-hydrogen) atoms. The third-order valence-electron chi connectivity index (χ3n) is 5.28. The van der Waals surface area contributed by atoms with Gasteiger partial charge in [-0.15, -0.1) is 23.7 Å². The van der Waals surface area contributed by atoms with Crippen molar-refractivity contribution in [3.8, 4) is 39.0 Å². The van der Waals surface area contributed by atoms with Gasteiger partial charge in [-0.25, -0.2) is 4.98 Å². The van der Waals surface area contributed by atoms with Crippen molar-refractivity contribution >= 4 is 46.2 Å². The summed E-state index contributed by atoms with van der Waals surface area (Å²) in [5.74, 6) is 1.62. The van der Waals surface area contributed by atoms with Crippen LogP contribution in [0, 0.1) is 0 Å². The fourth-order valence-corrected chi connectivity index (χ4v) is 4.66. The molecule has 5 aromatic rings. The molecule has 0 unspecified atom stereocenters. The Labute approximate surface area is 200 Å². The van der Waals surface area contributed by atoms with E-state index in [1.54, 1.807) is 18.4 Å². The topological polar surface area (TPSA) is 63.1 Å². The summed E-state index contributed by atoms with van der Waals surface area (Å²) in [4.78, 5) is 9.57. The predicted molar refractivity (Wildman–Crippen MR) is 134 cm³/mol. The largest absolute Gasteiger partial charge is 0.497 e. The van der Waals surface area contributed by atoms with E-state index in [4.69, 9.17) is 21.3 Å². The molecular weight excluding hydrogens is 465 g/mol. The van der Waals surface area contributed by atoms with Crippen molar-refractivity contribution in [1.29, 1.82) is 0 Å². The quantitative estimate of drug-likeness (QED) is 0.288. The maximum atomic E-state index is 9.55. The number of aromatic amines is 1. The number of imidazole rings is 1. The average molecular weight is 486 g/mol. The van der Waals surface area contributed by atoms with Gasteiger partial charge >= 0.3 is 0 Å². The van der Waals surface area contributed by atoms with E-state index in [-0.39, 0.29) is 19.0 Å². The summed E-state index contributed by atoms with van der Waals surface area (Å²) in [6, 6.07) is 17.8. The van der Waals surface area contributed by atoms with Crippen molar-refractivity contribution < 1.29 is 9.84 Å². The van der Waals surface area contributed by atoms with E-state index in [9.17, 15) is 5.11 Å². The number of aromatic nitrogens is 3. The molecule has 0 spiro atoms. The first-order chi connectivity index (χ1) is 15.2. The monoisotopic (exact) mass is 485 g/mol. The van der Waals surface area contributed by atoms with Gasteiger partial charge in [-0.2, -0.15) is 0 Å². The number of hydrogen-bond donors (Lipinski definition) is 2. The minimum atomic E-state index is 0. The van der Waals surface area contributed by atoms with Crippen molar-refractivity contribution in [3.05, 3.63) is 71.2 Å². The van der Waals surface area contributed by atoms with E-state index >= 15 is 0 Å². The number of methoxy groups -OCH3 is 1. The Morgan fingerprint density at radius 3 is 2.66 bits per heavy atom. The van der Waals surface area contributed by atoms with Gasteiger partial charge in [-0.3, -0.25) is 0 Å². The lowest BCUT2D eigenvalue weighted by Crippen LogP contribution is -1.99. The van der Waals surface area contributed by atoms with Crippen LogP contribution in [0.5, 0.6) is 5.75 Å². The molecule has 0 radical (unpaired) electrons. The first kappa shape index (κ1) is 22.4. The summed E-state index contributed by atoms with van der Waals surface area (Å²) in [6.45, 7) is 0.558. The number of thiophene rings is 1. The lowest BCUT2D eigenvalue weighted by Gasteiger charge is -2.04. The first-order valence-corrected chi connectivity index (χ1v) is 11.1. The molecule has 0 saturated carbocycles. The van der Waals surface area contributed by atoms with Gasteiger partial charge in [0.2, 0.25) is 0 Å². The number of aliphatic hydroxyl groups excluding tert-OH is 1. The van der Waals surface area contributed by atoms with Crippen molar-refractivity contribution in [3.63, 3.8) is 0 Å². The third-order valence-corrected chi connectivity index (χ3v) is 6.39. The number of aliphatic hydroxyl groups is 1. The van der Waals surface area contributed by atoms with Gasteiger partial charge in [0.05, 0.1) is 30.0 Å². The average Bonchev–Trinajstić information content (AvgIpc) is 3.53. The Morgan fingerprint density at radius 2 is 1.97 bits per heavy atom. The zero-order valence-electron chi connectivity index (χ0n) is 17.2. The predicted octanol–water partition coefficient (Wildman–Crippen LogP) is 6.50. The number of benzene rings is 2. The van der Waals surface area contributed by atoms with Crippen LogP contribution < -0.4 is 4.74 Å². The number of H-pyrrole nitrogens is 1. The molecule has 3 aromatic heterocycles. The van der Waals surface area contributed by atoms with E-state index in [2.05, 4.69) is 17.2 Å². The standard InChI is InChI=1S/C24H20ClN3O2S.ClH/c1-30-17-7-4-15(5-8-17)22-23(27-24(26-22)21-3-2-12-31-21)19-14-28(10-11-29)20-9-6-16(25)13-18(19)20;/h2-9,12-14,29H,10-11H2,1H3,(H,26,27);1H. The third kappa shape index (κ3) is 4.02. The van der Waals surface area contributed by atoms with Crippen LogP contribution in [0.2, 0.25) is 5.02 Å². The molecule has 2 N–H and O–H groups in total. The highest BCUT2D eigenvalue weighted by molar-refractivity contribution is 7.13. The van der Waals surface area contributed by atoms with Gasteiger partial charge in [0.25, 0.3) is 0 Å². The Balaban J connectivity index is 0.00000245. The van der Waals surface area contributed by atoms with Crippen LogP contribution in [-0.4, -0.2) is 33.4 Å². The Morgan fingerprint density at radius 1 is 1.16 bits per heavy atom. The van der Waals surface area contributed by atoms with E-state index in [0.717, 1.165) is 49.9 Å². The van der Waals surface area contributed by atoms with Crippen LogP contribution in [0.25, 0.3) is 44.1 Å².